The maximum atomic E-state index is 14.5. The molecule has 1 fully saturated rings. The molecule has 3 aromatic heterocycles. The molecule has 3 N–H and O–H groups in total. The molecule has 10 heteroatoms. The molecule has 0 radical (unpaired) electrons. The van der Waals surface area contributed by atoms with Crippen LogP contribution in [0.3, 0.4) is 0 Å². The first-order valence-corrected chi connectivity index (χ1v) is 12.2. The fraction of sp³-hybridized carbons (Fsp3) is 0.222. The predicted octanol–water partition coefficient (Wildman–Crippen LogP) is 4.52. The predicted molar refractivity (Wildman–Crippen MR) is 136 cm³/mol. The number of hydrogen-bond acceptors (Lipinski definition) is 5. The molecule has 5 aromatic rings. The van der Waals surface area contributed by atoms with E-state index in [2.05, 4.69) is 30.7 Å². The van der Waals surface area contributed by atoms with Crippen LogP contribution in [0.2, 0.25) is 0 Å². The average molecular weight is 498 g/mol. The van der Waals surface area contributed by atoms with Crippen molar-refractivity contribution >= 4 is 39.4 Å². The van der Waals surface area contributed by atoms with E-state index in [9.17, 15) is 14.0 Å². The van der Waals surface area contributed by atoms with Crippen LogP contribution in [0.25, 0.3) is 21.8 Å². The van der Waals surface area contributed by atoms with E-state index >= 15 is 0 Å². The summed E-state index contributed by atoms with van der Waals surface area (Å²) < 4.78 is 14.5. The smallest absolute Gasteiger partial charge is 0.275 e. The number of fused-ring (bicyclic) bond motifs is 2. The summed E-state index contributed by atoms with van der Waals surface area (Å²) in [6.45, 7) is 0.599. The molecule has 2 amide bonds. The summed E-state index contributed by atoms with van der Waals surface area (Å²) in [6.07, 6.45) is 4.09. The van der Waals surface area contributed by atoms with Crippen LogP contribution in [0, 0.1) is 5.82 Å². The van der Waals surface area contributed by atoms with Crippen LogP contribution in [-0.2, 0) is 11.2 Å². The van der Waals surface area contributed by atoms with Crippen LogP contribution >= 0.6 is 0 Å². The van der Waals surface area contributed by atoms with E-state index in [0.29, 0.717) is 23.6 Å². The molecule has 0 aliphatic carbocycles. The number of piperidine rings is 1. The highest BCUT2D eigenvalue weighted by Crippen LogP contribution is 2.33. The van der Waals surface area contributed by atoms with Crippen molar-refractivity contribution in [1.29, 1.82) is 0 Å². The highest BCUT2D eigenvalue weighted by Gasteiger charge is 2.32. The molecule has 0 saturated carbocycles. The number of hydrogen-bond donors (Lipinski definition) is 3. The van der Waals surface area contributed by atoms with Gasteiger partial charge in [0.05, 0.1) is 29.2 Å². The maximum absolute atomic E-state index is 14.5. The number of pyridine rings is 1. The lowest BCUT2D eigenvalue weighted by molar-refractivity contribution is -0.115. The number of nitrogens with zero attached hydrogens (tertiary/aromatic N) is 4. The number of halogens is 1. The van der Waals surface area contributed by atoms with Crippen molar-refractivity contribution in [2.24, 2.45) is 0 Å². The molecule has 1 aliphatic rings. The van der Waals surface area contributed by atoms with Gasteiger partial charge in [-0.25, -0.2) is 4.39 Å². The van der Waals surface area contributed by atoms with Crippen molar-refractivity contribution in [2.75, 3.05) is 11.9 Å². The van der Waals surface area contributed by atoms with Crippen molar-refractivity contribution in [3.8, 4) is 0 Å². The van der Waals surface area contributed by atoms with E-state index in [-0.39, 0.29) is 29.8 Å². The average Bonchev–Trinajstić information content (AvgIpc) is 3.56. The maximum Gasteiger partial charge on any atom is 0.275 e. The second kappa shape index (κ2) is 9.45. The Morgan fingerprint density at radius 2 is 1.95 bits per heavy atom. The molecule has 0 spiro atoms. The molecule has 1 aliphatic heterocycles. The number of carbonyl (C=O) groups is 2. The Labute approximate surface area is 211 Å². The number of carbonyl (C=O) groups excluding carboxylic acids is 2. The van der Waals surface area contributed by atoms with Gasteiger partial charge in [0.1, 0.15) is 5.82 Å². The lowest BCUT2D eigenvalue weighted by atomic mass is 9.98. The summed E-state index contributed by atoms with van der Waals surface area (Å²) >= 11 is 0. The zero-order chi connectivity index (χ0) is 25.4. The highest BCUT2D eigenvalue weighted by atomic mass is 19.1. The summed E-state index contributed by atoms with van der Waals surface area (Å²) in [6, 6.07) is 15.6. The van der Waals surface area contributed by atoms with Gasteiger partial charge < -0.3 is 10.2 Å². The van der Waals surface area contributed by atoms with Gasteiger partial charge in [-0.3, -0.25) is 24.8 Å². The number of aromatic nitrogens is 5. The molecule has 1 unspecified atom stereocenters. The normalized spacial score (nSPS) is 15.8. The first-order valence-electron chi connectivity index (χ1n) is 12.2. The van der Waals surface area contributed by atoms with Gasteiger partial charge in [-0.15, -0.1) is 0 Å². The molecule has 4 heterocycles. The first kappa shape index (κ1) is 22.8. The molecule has 186 valence electrons. The van der Waals surface area contributed by atoms with Crippen LogP contribution in [0.5, 0.6) is 0 Å². The quantitative estimate of drug-likeness (QED) is 0.330. The van der Waals surface area contributed by atoms with E-state index in [1.54, 1.807) is 24.4 Å². The number of likely N-dealkylation sites (tertiary alicyclic amines) is 1. The molecule has 1 saturated heterocycles. The second-order valence-electron chi connectivity index (χ2n) is 9.20. The minimum Gasteiger partial charge on any atom is -0.329 e. The number of para-hydroxylation sites is 1. The number of aromatic amines is 2. The van der Waals surface area contributed by atoms with Gasteiger partial charge in [0.25, 0.3) is 5.91 Å². The van der Waals surface area contributed by atoms with E-state index in [4.69, 9.17) is 0 Å². The van der Waals surface area contributed by atoms with Gasteiger partial charge in [-0.1, -0.05) is 24.3 Å². The van der Waals surface area contributed by atoms with Crippen LogP contribution in [0.4, 0.5) is 10.2 Å². The van der Waals surface area contributed by atoms with Crippen LogP contribution in [0.15, 0.2) is 60.8 Å². The van der Waals surface area contributed by atoms with Crippen LogP contribution in [0.1, 0.15) is 47.1 Å². The number of anilines is 1. The third-order valence-corrected chi connectivity index (χ3v) is 6.78. The fourth-order valence-electron chi connectivity index (χ4n) is 4.97. The van der Waals surface area contributed by atoms with Gasteiger partial charge in [0, 0.05) is 35.6 Å². The Hall–Kier alpha value is -4.60. The minimum absolute atomic E-state index is 0.140. The van der Waals surface area contributed by atoms with Crippen molar-refractivity contribution in [3.63, 3.8) is 0 Å². The summed E-state index contributed by atoms with van der Waals surface area (Å²) in [5.41, 5.74) is 2.75. The summed E-state index contributed by atoms with van der Waals surface area (Å²) in [5.74, 6) is -0.694. The number of amides is 2. The lowest BCUT2D eigenvalue weighted by Gasteiger charge is -2.34. The summed E-state index contributed by atoms with van der Waals surface area (Å²) in [7, 11) is 0. The Balaban J connectivity index is 1.18. The summed E-state index contributed by atoms with van der Waals surface area (Å²) in [5, 5.41) is 18.7. The monoisotopic (exact) mass is 497 g/mol. The Morgan fingerprint density at radius 3 is 2.86 bits per heavy atom. The molecule has 0 bridgehead atoms. The largest absolute Gasteiger partial charge is 0.329 e. The van der Waals surface area contributed by atoms with Gasteiger partial charge in [-0.05, 0) is 43.0 Å². The van der Waals surface area contributed by atoms with Gasteiger partial charge in [0.2, 0.25) is 5.91 Å². The van der Waals surface area contributed by atoms with Crippen LogP contribution < -0.4 is 5.32 Å². The summed E-state index contributed by atoms with van der Waals surface area (Å²) in [4.78, 5) is 32.1. The minimum atomic E-state index is -0.480. The van der Waals surface area contributed by atoms with Crippen molar-refractivity contribution < 1.29 is 14.0 Å². The first-order chi connectivity index (χ1) is 18.1. The van der Waals surface area contributed by atoms with Crippen molar-refractivity contribution in [3.05, 3.63) is 83.6 Å². The zero-order valence-electron chi connectivity index (χ0n) is 19.9. The fourth-order valence-corrected chi connectivity index (χ4v) is 4.97. The number of rotatable bonds is 5. The van der Waals surface area contributed by atoms with Gasteiger partial charge in [-0.2, -0.15) is 10.2 Å². The van der Waals surface area contributed by atoms with Crippen molar-refractivity contribution in [1.82, 2.24) is 30.3 Å². The molecular formula is C27H24FN7O2. The molecule has 37 heavy (non-hydrogen) atoms. The molecule has 6 rings (SSSR count). The van der Waals surface area contributed by atoms with Crippen LogP contribution in [-0.4, -0.2) is 48.6 Å². The SMILES string of the molecule is O=C(Cc1cc2cccnc2cc1F)Nc1cc(C2CCCCN2C(=O)c2n[nH]c3ccccc23)[nH]n1. The second-order valence-corrected chi connectivity index (χ2v) is 9.20. The zero-order valence-corrected chi connectivity index (χ0v) is 19.9. The van der Waals surface area contributed by atoms with Gasteiger partial charge >= 0.3 is 0 Å². The van der Waals surface area contributed by atoms with E-state index in [0.717, 1.165) is 41.2 Å². The molecule has 1 atom stereocenters. The molecule has 2 aromatic carbocycles. The standard InChI is InChI=1S/C27H24FN7O2/c28-19-14-21-16(6-5-10-29-21)12-17(19)13-25(36)30-24-15-22(32-33-24)23-9-3-4-11-35(23)27(37)26-18-7-1-2-8-20(18)31-34-26/h1-2,5-8,10,12,14-15,23H,3-4,9,11,13H2,(H,31,34)(H2,30,32,33,36). The number of benzene rings is 2. The Morgan fingerprint density at radius 1 is 1.05 bits per heavy atom. The number of H-pyrrole nitrogens is 2. The van der Waals surface area contributed by atoms with E-state index < -0.39 is 5.82 Å². The van der Waals surface area contributed by atoms with E-state index in [1.165, 1.54) is 6.07 Å². The third kappa shape index (κ3) is 4.42. The highest BCUT2D eigenvalue weighted by molar-refractivity contribution is 6.04. The lowest BCUT2D eigenvalue weighted by Crippen LogP contribution is -2.39. The topological polar surface area (TPSA) is 120 Å². The van der Waals surface area contributed by atoms with Crippen molar-refractivity contribution in [2.45, 2.75) is 31.7 Å². The third-order valence-electron chi connectivity index (χ3n) is 6.78. The Kier molecular flexibility index (Phi) is 5.84. The molecule has 9 nitrogen and oxygen atoms in total. The van der Waals surface area contributed by atoms with E-state index in [1.807, 2.05) is 35.2 Å². The van der Waals surface area contributed by atoms with Gasteiger partial charge in [0.15, 0.2) is 11.5 Å². The molecular weight excluding hydrogens is 473 g/mol. The number of nitrogens with one attached hydrogen (secondary N) is 3. The Bertz CT molecular complexity index is 1630.